The molecule has 16 heavy (non-hydrogen) atoms. The van der Waals surface area contributed by atoms with Crippen LogP contribution in [-0.2, 0) is 0 Å². The summed E-state index contributed by atoms with van der Waals surface area (Å²) < 4.78 is -0.773. The lowest BCUT2D eigenvalue weighted by Gasteiger charge is -2.48. The fraction of sp³-hybridized carbons (Fsp3) is 0.818. The Morgan fingerprint density at radius 3 is 1.69 bits per heavy atom. The van der Waals surface area contributed by atoms with Gasteiger partial charge in [-0.2, -0.15) is 0 Å². The van der Waals surface area contributed by atoms with E-state index < -0.39 is 4.33 Å². The molecule has 0 aliphatic heterocycles. The third-order valence-electron chi connectivity index (χ3n) is 3.35. The van der Waals surface area contributed by atoms with Gasteiger partial charge in [-0.25, -0.2) is 0 Å². The third-order valence-corrected chi connectivity index (χ3v) is 4.29. The van der Waals surface area contributed by atoms with E-state index in [0.29, 0.717) is 0 Å². The average molecular weight is 311 g/mol. The molecule has 0 amide bonds. The molecule has 0 aromatic rings. The van der Waals surface area contributed by atoms with Gasteiger partial charge in [-0.1, -0.05) is 19.9 Å². The highest BCUT2D eigenvalue weighted by atomic mass is 35.5. The molecule has 1 N–H and O–H groups in total. The summed E-state index contributed by atoms with van der Waals surface area (Å²) >= 11 is 12.4. The van der Waals surface area contributed by atoms with Gasteiger partial charge in [0.05, 0.1) is 0 Å². The maximum absolute atomic E-state index is 6.19. The van der Waals surface area contributed by atoms with E-state index in [1.807, 2.05) is 13.0 Å². The van der Waals surface area contributed by atoms with E-state index in [4.69, 9.17) is 23.2 Å². The van der Waals surface area contributed by atoms with Gasteiger partial charge in [0.2, 0.25) is 0 Å². The molecule has 0 rings (SSSR count). The SMILES string of the molecule is C=CCNC(C)(C)C(C)(C)C(C)(Cl)Cl.Cl.Cl. The zero-order valence-corrected chi connectivity index (χ0v) is 13.7. The Morgan fingerprint density at radius 2 is 1.44 bits per heavy atom. The van der Waals surface area contributed by atoms with E-state index in [9.17, 15) is 0 Å². The van der Waals surface area contributed by atoms with Gasteiger partial charge in [-0.15, -0.1) is 54.6 Å². The number of alkyl halides is 2. The van der Waals surface area contributed by atoms with E-state index >= 15 is 0 Å². The Balaban J connectivity index is -0.000000845. The smallest absolute Gasteiger partial charge is 0.122 e. The quantitative estimate of drug-likeness (QED) is 0.578. The van der Waals surface area contributed by atoms with Crippen molar-refractivity contribution in [2.45, 2.75) is 44.5 Å². The standard InChI is InChI=1S/C11H21Cl2N.2ClH/c1-7-8-14-10(4,5)9(2,3)11(6,12)13;;/h7,14H,1,8H2,2-6H3;2*1H. The van der Waals surface area contributed by atoms with Crippen LogP contribution in [0.2, 0.25) is 0 Å². The molecule has 0 aliphatic rings. The minimum Gasteiger partial charge on any atom is -0.308 e. The van der Waals surface area contributed by atoms with Gasteiger partial charge < -0.3 is 5.32 Å². The first kappa shape index (κ1) is 22.1. The van der Waals surface area contributed by atoms with Crippen LogP contribution in [0, 0.1) is 5.41 Å². The van der Waals surface area contributed by atoms with Crippen molar-refractivity contribution in [3.63, 3.8) is 0 Å². The lowest BCUT2D eigenvalue weighted by Crippen LogP contribution is -2.57. The number of hydrogen-bond donors (Lipinski definition) is 1. The highest BCUT2D eigenvalue weighted by molar-refractivity contribution is 6.48. The molecular weight excluding hydrogens is 288 g/mol. The molecule has 0 saturated carbocycles. The maximum Gasteiger partial charge on any atom is 0.122 e. The van der Waals surface area contributed by atoms with Crippen LogP contribution < -0.4 is 5.32 Å². The lowest BCUT2D eigenvalue weighted by atomic mass is 9.72. The van der Waals surface area contributed by atoms with Gasteiger partial charge in [0, 0.05) is 17.5 Å². The van der Waals surface area contributed by atoms with Crippen LogP contribution in [0.15, 0.2) is 12.7 Å². The highest BCUT2D eigenvalue weighted by Gasteiger charge is 2.48. The number of nitrogens with one attached hydrogen (secondary N) is 1. The van der Waals surface area contributed by atoms with Crippen molar-refractivity contribution in [3.05, 3.63) is 12.7 Å². The van der Waals surface area contributed by atoms with Crippen LogP contribution in [-0.4, -0.2) is 16.4 Å². The van der Waals surface area contributed by atoms with E-state index in [1.54, 1.807) is 0 Å². The van der Waals surface area contributed by atoms with Gasteiger partial charge in [0.1, 0.15) is 4.33 Å². The highest BCUT2D eigenvalue weighted by Crippen LogP contribution is 2.47. The van der Waals surface area contributed by atoms with Crippen LogP contribution in [0.25, 0.3) is 0 Å². The second-order valence-electron chi connectivity index (χ2n) is 4.81. The lowest BCUT2D eigenvalue weighted by molar-refractivity contribution is 0.142. The number of rotatable bonds is 5. The van der Waals surface area contributed by atoms with Crippen molar-refractivity contribution in [2.24, 2.45) is 5.41 Å². The summed E-state index contributed by atoms with van der Waals surface area (Å²) in [6.07, 6.45) is 1.83. The summed E-state index contributed by atoms with van der Waals surface area (Å²) in [6.45, 7) is 14.6. The first-order valence-corrected chi connectivity index (χ1v) is 5.55. The summed E-state index contributed by atoms with van der Waals surface area (Å²) in [7, 11) is 0. The van der Waals surface area contributed by atoms with Crippen molar-refractivity contribution in [3.8, 4) is 0 Å². The molecule has 0 fully saturated rings. The first-order valence-electron chi connectivity index (χ1n) is 4.80. The fourth-order valence-electron chi connectivity index (χ4n) is 1.10. The molecule has 5 heteroatoms. The van der Waals surface area contributed by atoms with Crippen molar-refractivity contribution in [1.82, 2.24) is 5.32 Å². The predicted molar refractivity (Wildman–Crippen MR) is 80.7 cm³/mol. The molecule has 0 aliphatic carbocycles. The molecule has 0 radical (unpaired) electrons. The van der Waals surface area contributed by atoms with E-state index in [-0.39, 0.29) is 35.8 Å². The maximum atomic E-state index is 6.19. The van der Waals surface area contributed by atoms with Crippen LogP contribution in [0.5, 0.6) is 0 Å². The average Bonchev–Trinajstić information content (AvgIpc) is 1.98. The van der Waals surface area contributed by atoms with Crippen molar-refractivity contribution in [2.75, 3.05) is 6.54 Å². The Hall–Kier alpha value is 0.860. The Morgan fingerprint density at radius 1 is 1.06 bits per heavy atom. The summed E-state index contributed by atoms with van der Waals surface area (Å²) in [4.78, 5) is 0. The zero-order chi connectivity index (χ0) is 11.6. The molecule has 0 aromatic heterocycles. The predicted octanol–water partition coefficient (Wildman–Crippen LogP) is 4.60. The van der Waals surface area contributed by atoms with E-state index in [2.05, 4.69) is 39.6 Å². The monoisotopic (exact) mass is 309 g/mol. The molecule has 0 bridgehead atoms. The Bertz CT molecular complexity index is 207. The molecule has 0 atom stereocenters. The van der Waals surface area contributed by atoms with Crippen LogP contribution in [0.4, 0.5) is 0 Å². The molecular formula is C11H23Cl4N. The fourth-order valence-corrected chi connectivity index (χ4v) is 1.57. The molecule has 0 unspecified atom stereocenters. The van der Waals surface area contributed by atoms with Crippen molar-refractivity contribution >= 4 is 48.0 Å². The second kappa shape index (κ2) is 7.33. The minimum absolute atomic E-state index is 0. The molecule has 100 valence electrons. The molecule has 0 aromatic carbocycles. The summed E-state index contributed by atoms with van der Waals surface area (Å²) in [5.74, 6) is 0. The van der Waals surface area contributed by atoms with Gasteiger partial charge >= 0.3 is 0 Å². The molecule has 1 nitrogen and oxygen atoms in total. The van der Waals surface area contributed by atoms with Gasteiger partial charge in [0.25, 0.3) is 0 Å². The normalized spacial score (nSPS) is 12.4. The molecule has 0 spiro atoms. The van der Waals surface area contributed by atoms with E-state index in [0.717, 1.165) is 6.54 Å². The Kier molecular flexibility index (Phi) is 10.1. The number of hydrogen-bond acceptors (Lipinski definition) is 1. The van der Waals surface area contributed by atoms with Gasteiger partial charge in [0.15, 0.2) is 0 Å². The zero-order valence-electron chi connectivity index (χ0n) is 10.6. The molecule has 0 heterocycles. The topological polar surface area (TPSA) is 12.0 Å². The van der Waals surface area contributed by atoms with Crippen LogP contribution in [0.3, 0.4) is 0 Å². The first-order chi connectivity index (χ1) is 6.06. The van der Waals surface area contributed by atoms with Crippen LogP contribution in [0.1, 0.15) is 34.6 Å². The van der Waals surface area contributed by atoms with Crippen molar-refractivity contribution in [1.29, 1.82) is 0 Å². The summed E-state index contributed by atoms with van der Waals surface area (Å²) in [6, 6.07) is 0. The largest absolute Gasteiger partial charge is 0.308 e. The van der Waals surface area contributed by atoms with Gasteiger partial charge in [-0.05, 0) is 20.8 Å². The van der Waals surface area contributed by atoms with Gasteiger partial charge in [-0.3, -0.25) is 0 Å². The van der Waals surface area contributed by atoms with E-state index in [1.165, 1.54) is 0 Å². The molecule has 0 saturated heterocycles. The second-order valence-corrected chi connectivity index (χ2v) is 6.51. The summed E-state index contributed by atoms with van der Waals surface area (Å²) in [5.41, 5.74) is -0.397. The number of halogens is 4. The Labute approximate surface area is 122 Å². The summed E-state index contributed by atoms with van der Waals surface area (Å²) in [5, 5.41) is 3.37. The third kappa shape index (κ3) is 5.01. The minimum atomic E-state index is -0.773. The van der Waals surface area contributed by atoms with Crippen molar-refractivity contribution < 1.29 is 0 Å². The van der Waals surface area contributed by atoms with Crippen LogP contribution >= 0.6 is 48.0 Å².